The first-order chi connectivity index (χ1) is 7.66. The van der Waals surface area contributed by atoms with E-state index in [-0.39, 0.29) is 5.56 Å². The molecule has 0 nitrogen and oxygen atoms in total. The van der Waals surface area contributed by atoms with Crippen molar-refractivity contribution < 1.29 is 13.2 Å². The molecule has 1 rings (SSSR count). The van der Waals surface area contributed by atoms with Crippen molar-refractivity contribution in [2.45, 2.75) is 32.4 Å². The van der Waals surface area contributed by atoms with Gasteiger partial charge >= 0.3 is 6.18 Å². The average Bonchev–Trinajstić information content (AvgIpc) is 2.15. The zero-order chi connectivity index (χ0) is 13.3. The number of rotatable bonds is 1. The van der Waals surface area contributed by atoms with Gasteiger partial charge in [-0.15, -0.1) is 0 Å². The second-order valence-electron chi connectivity index (χ2n) is 4.81. The van der Waals surface area contributed by atoms with Crippen molar-refractivity contribution >= 4 is 17.7 Å². The lowest BCUT2D eigenvalue weighted by atomic mass is 9.83. The van der Waals surface area contributed by atoms with E-state index in [1.165, 1.54) is 12.1 Å². The fraction of sp³-hybridized carbons (Fsp3) is 0.385. The highest BCUT2D eigenvalue weighted by Gasteiger charge is 2.36. The van der Waals surface area contributed by atoms with Crippen LogP contribution in [0.2, 0.25) is 0 Å². The lowest BCUT2D eigenvalue weighted by molar-refractivity contribution is -0.138. The molecule has 0 aliphatic rings. The van der Waals surface area contributed by atoms with Crippen molar-refractivity contribution in [1.29, 1.82) is 0 Å². The Balaban J connectivity index is 3.43. The summed E-state index contributed by atoms with van der Waals surface area (Å²) in [6.07, 6.45) is -3.05. The van der Waals surface area contributed by atoms with Gasteiger partial charge in [0.25, 0.3) is 0 Å². The quantitative estimate of drug-likeness (QED) is 0.666. The van der Waals surface area contributed by atoms with E-state index in [0.29, 0.717) is 5.56 Å². The van der Waals surface area contributed by atoms with Crippen molar-refractivity contribution in [2.24, 2.45) is 0 Å². The van der Waals surface area contributed by atoms with Crippen molar-refractivity contribution in [1.82, 2.24) is 0 Å². The van der Waals surface area contributed by atoms with E-state index >= 15 is 0 Å². The maximum Gasteiger partial charge on any atom is 0.416 e. The molecule has 0 unspecified atom stereocenters. The van der Waals surface area contributed by atoms with Crippen LogP contribution in [0.1, 0.15) is 37.5 Å². The summed E-state index contributed by atoms with van der Waals surface area (Å²) in [5.74, 6) is 0. The molecule has 0 N–H and O–H groups in total. The number of hydrogen-bond donors (Lipinski definition) is 0. The molecule has 0 atom stereocenters. The molecule has 0 aliphatic carbocycles. The van der Waals surface area contributed by atoms with Crippen LogP contribution >= 0.6 is 11.6 Å². The average molecular weight is 262 g/mol. The molecule has 93 valence electrons. The van der Waals surface area contributed by atoms with Gasteiger partial charge in [-0.1, -0.05) is 44.5 Å². The standard InChI is InChI=1S/C13H13ClF3/c1-12(2,3)10-5-4-9(6-7-14)8-11(10)13(15,16)17/h4-6,8H,1-3H3. The van der Waals surface area contributed by atoms with Crippen LogP contribution in [0.25, 0.3) is 6.08 Å². The minimum atomic E-state index is -4.36. The van der Waals surface area contributed by atoms with Gasteiger partial charge in [-0.2, -0.15) is 13.2 Å². The Morgan fingerprint density at radius 1 is 1.12 bits per heavy atom. The van der Waals surface area contributed by atoms with E-state index in [1.54, 1.807) is 26.8 Å². The van der Waals surface area contributed by atoms with Gasteiger partial charge in [-0.25, -0.2) is 0 Å². The van der Waals surface area contributed by atoms with Gasteiger partial charge in [0.05, 0.1) is 11.1 Å². The topological polar surface area (TPSA) is 0 Å². The summed E-state index contributed by atoms with van der Waals surface area (Å²) in [6.45, 7) is 5.25. The molecule has 0 bridgehead atoms. The molecular weight excluding hydrogens is 249 g/mol. The fourth-order valence-corrected chi connectivity index (χ4v) is 1.73. The third kappa shape index (κ3) is 3.50. The molecule has 0 heterocycles. The molecule has 1 aromatic rings. The summed E-state index contributed by atoms with van der Waals surface area (Å²) in [6, 6.07) is 4.18. The molecule has 0 saturated heterocycles. The summed E-state index contributed by atoms with van der Waals surface area (Å²) < 4.78 is 38.8. The number of hydrogen-bond acceptors (Lipinski definition) is 0. The van der Waals surface area contributed by atoms with Crippen LogP contribution in [0.4, 0.5) is 13.2 Å². The first-order valence-electron chi connectivity index (χ1n) is 5.07. The zero-order valence-electron chi connectivity index (χ0n) is 9.82. The van der Waals surface area contributed by atoms with Crippen LogP contribution in [-0.2, 0) is 11.6 Å². The lowest BCUT2D eigenvalue weighted by Crippen LogP contribution is -2.19. The number of halogens is 4. The summed E-state index contributed by atoms with van der Waals surface area (Å²) in [5.41, 5.74) is 1.69. The molecule has 1 radical (unpaired) electrons. The minimum absolute atomic E-state index is 0.275. The molecule has 0 amide bonds. The predicted molar refractivity (Wildman–Crippen MR) is 63.7 cm³/mol. The first-order valence-corrected chi connectivity index (χ1v) is 5.45. The first kappa shape index (κ1) is 14.1. The SMILES string of the molecule is CC(C)(C)c1ccc(C=[C]Cl)cc1C(F)(F)F. The lowest BCUT2D eigenvalue weighted by Gasteiger charge is -2.24. The Hall–Kier alpha value is -0.960. The summed E-state index contributed by atoms with van der Waals surface area (Å²) >= 11 is 5.25. The largest absolute Gasteiger partial charge is 0.416 e. The van der Waals surface area contributed by atoms with Crippen LogP contribution in [0, 0.1) is 5.54 Å². The smallest absolute Gasteiger partial charge is 0.166 e. The second-order valence-corrected chi connectivity index (χ2v) is 5.02. The third-order valence-electron chi connectivity index (χ3n) is 2.38. The van der Waals surface area contributed by atoms with Crippen molar-refractivity contribution in [3.05, 3.63) is 40.4 Å². The Labute approximate surface area is 104 Å². The van der Waals surface area contributed by atoms with Gasteiger partial charge in [0.1, 0.15) is 0 Å². The Morgan fingerprint density at radius 3 is 2.12 bits per heavy atom. The zero-order valence-corrected chi connectivity index (χ0v) is 10.6. The van der Waals surface area contributed by atoms with Crippen LogP contribution in [0.3, 0.4) is 0 Å². The Bertz CT molecular complexity index is 425. The highest BCUT2D eigenvalue weighted by Crippen LogP contribution is 2.38. The van der Waals surface area contributed by atoms with Gasteiger partial charge in [0.2, 0.25) is 0 Å². The molecule has 0 spiro atoms. The second kappa shape index (κ2) is 4.73. The van der Waals surface area contributed by atoms with Gasteiger partial charge < -0.3 is 0 Å². The number of benzene rings is 1. The van der Waals surface area contributed by atoms with Crippen molar-refractivity contribution in [3.8, 4) is 0 Å². The van der Waals surface area contributed by atoms with E-state index < -0.39 is 17.2 Å². The summed E-state index contributed by atoms with van der Waals surface area (Å²) in [7, 11) is 0. The van der Waals surface area contributed by atoms with E-state index in [0.717, 1.165) is 6.07 Å². The van der Waals surface area contributed by atoms with Gasteiger partial charge in [-0.3, -0.25) is 0 Å². The Kier molecular flexibility index (Phi) is 3.92. The maximum atomic E-state index is 12.9. The van der Waals surface area contributed by atoms with Crippen LogP contribution in [0.15, 0.2) is 18.2 Å². The van der Waals surface area contributed by atoms with E-state index in [2.05, 4.69) is 5.54 Å². The molecule has 17 heavy (non-hydrogen) atoms. The summed E-state index contributed by atoms with van der Waals surface area (Å²) in [5, 5.41) is 0. The predicted octanol–water partition coefficient (Wildman–Crippen LogP) is 5.02. The third-order valence-corrected chi connectivity index (χ3v) is 2.49. The molecule has 4 heteroatoms. The van der Waals surface area contributed by atoms with E-state index in [4.69, 9.17) is 11.6 Å². The van der Waals surface area contributed by atoms with Gasteiger partial charge in [-0.05, 0) is 28.7 Å². The molecule has 0 aliphatic heterocycles. The highest BCUT2D eigenvalue weighted by molar-refractivity contribution is 6.23. The van der Waals surface area contributed by atoms with Gasteiger partial charge in [0, 0.05) is 0 Å². The Morgan fingerprint density at radius 2 is 1.71 bits per heavy atom. The molecule has 0 fully saturated rings. The van der Waals surface area contributed by atoms with Gasteiger partial charge in [0.15, 0.2) is 0 Å². The fourth-order valence-electron chi connectivity index (χ4n) is 1.60. The maximum absolute atomic E-state index is 12.9. The van der Waals surface area contributed by atoms with E-state index in [9.17, 15) is 13.2 Å². The highest BCUT2D eigenvalue weighted by atomic mass is 35.5. The van der Waals surface area contributed by atoms with Crippen molar-refractivity contribution in [2.75, 3.05) is 0 Å². The van der Waals surface area contributed by atoms with Crippen LogP contribution in [0.5, 0.6) is 0 Å². The van der Waals surface area contributed by atoms with Crippen molar-refractivity contribution in [3.63, 3.8) is 0 Å². The molecule has 0 aromatic heterocycles. The molecule has 1 aromatic carbocycles. The normalized spacial score (nSPS) is 13.4. The van der Waals surface area contributed by atoms with Crippen LogP contribution < -0.4 is 0 Å². The van der Waals surface area contributed by atoms with E-state index in [1.807, 2.05) is 0 Å². The minimum Gasteiger partial charge on any atom is -0.166 e. The number of alkyl halides is 3. The summed E-state index contributed by atoms with van der Waals surface area (Å²) in [4.78, 5) is 0. The van der Waals surface area contributed by atoms with Crippen LogP contribution in [-0.4, -0.2) is 0 Å². The molecular formula is C13H13ClF3. The molecule has 0 saturated carbocycles. The monoisotopic (exact) mass is 261 g/mol.